The third-order valence-electron chi connectivity index (χ3n) is 5.30. The topological polar surface area (TPSA) is 93.1 Å². The summed E-state index contributed by atoms with van der Waals surface area (Å²) < 4.78 is 6.58. The van der Waals surface area contributed by atoms with Crippen LogP contribution in [0.15, 0.2) is 42.5 Å². The van der Waals surface area contributed by atoms with Crippen molar-refractivity contribution in [2.45, 2.75) is 39.7 Å². The molecule has 9 heteroatoms. The minimum Gasteiger partial charge on any atom is -0.455 e. The second kappa shape index (κ2) is 8.08. The van der Waals surface area contributed by atoms with Crippen molar-refractivity contribution in [2.75, 3.05) is 16.8 Å². The molecular weight excluding hydrogens is 436 g/mol. The van der Waals surface area contributed by atoms with Crippen LogP contribution in [0.4, 0.5) is 22.6 Å². The Morgan fingerprint density at radius 1 is 1.09 bits per heavy atom. The summed E-state index contributed by atoms with van der Waals surface area (Å²) in [6.07, 6.45) is 0.809. The molecule has 3 aromatic heterocycles. The van der Waals surface area contributed by atoms with Crippen molar-refractivity contribution in [2.24, 2.45) is 0 Å². The molecule has 0 fully saturated rings. The van der Waals surface area contributed by atoms with Gasteiger partial charge in [0, 0.05) is 17.7 Å². The van der Waals surface area contributed by atoms with Gasteiger partial charge < -0.3 is 15.0 Å². The summed E-state index contributed by atoms with van der Waals surface area (Å²) in [7, 11) is 0. The van der Waals surface area contributed by atoms with E-state index in [0.29, 0.717) is 18.2 Å². The molecule has 0 atom stereocenters. The number of pyridine rings is 1. The summed E-state index contributed by atoms with van der Waals surface area (Å²) in [6.45, 7) is 8.26. The molecule has 0 bridgehead atoms. The molecule has 1 aromatic carbocycles. The predicted molar refractivity (Wildman–Crippen MR) is 130 cm³/mol. The number of anilines is 4. The van der Waals surface area contributed by atoms with Crippen LogP contribution in [-0.2, 0) is 11.2 Å². The number of hydrogen-bond acceptors (Lipinski definition) is 9. The van der Waals surface area contributed by atoms with E-state index in [9.17, 15) is 4.79 Å². The SMILES string of the molecule is Cc1c(Nc2nc3ccccc3s2)nnc2c1CCN2c1cccc(C(=O)OC(C)(C)C)n1. The second-order valence-corrected chi connectivity index (χ2v) is 9.90. The van der Waals surface area contributed by atoms with Gasteiger partial charge in [-0.3, -0.25) is 0 Å². The van der Waals surface area contributed by atoms with Gasteiger partial charge in [-0.05, 0) is 58.4 Å². The van der Waals surface area contributed by atoms with Crippen LogP contribution in [0.3, 0.4) is 0 Å². The quantitative estimate of drug-likeness (QED) is 0.416. The van der Waals surface area contributed by atoms with E-state index in [0.717, 1.165) is 38.7 Å². The van der Waals surface area contributed by atoms with Crippen LogP contribution in [0.2, 0.25) is 0 Å². The number of ether oxygens (including phenoxy) is 1. The lowest BCUT2D eigenvalue weighted by atomic mass is 10.1. The number of hydrogen-bond donors (Lipinski definition) is 1. The smallest absolute Gasteiger partial charge is 0.357 e. The number of nitrogens with zero attached hydrogens (tertiary/aromatic N) is 5. The summed E-state index contributed by atoms with van der Waals surface area (Å²) in [5, 5.41) is 13.1. The first-order valence-corrected chi connectivity index (χ1v) is 11.6. The molecule has 1 aliphatic heterocycles. The van der Waals surface area contributed by atoms with Crippen molar-refractivity contribution in [3.8, 4) is 0 Å². The molecule has 4 heterocycles. The van der Waals surface area contributed by atoms with Crippen molar-refractivity contribution < 1.29 is 9.53 Å². The van der Waals surface area contributed by atoms with Gasteiger partial charge in [-0.15, -0.1) is 10.2 Å². The Balaban J connectivity index is 1.41. The summed E-state index contributed by atoms with van der Waals surface area (Å²) in [5.41, 5.74) is 2.79. The number of para-hydroxylation sites is 1. The Bertz CT molecular complexity index is 1330. The van der Waals surface area contributed by atoms with E-state index < -0.39 is 11.6 Å². The van der Waals surface area contributed by atoms with Crippen LogP contribution >= 0.6 is 11.3 Å². The third kappa shape index (κ3) is 4.23. The first-order valence-electron chi connectivity index (χ1n) is 10.8. The molecule has 1 aliphatic rings. The zero-order chi connectivity index (χ0) is 23.2. The molecule has 8 nitrogen and oxygen atoms in total. The lowest BCUT2D eigenvalue weighted by Crippen LogP contribution is -2.25. The van der Waals surface area contributed by atoms with Gasteiger partial charge in [0.15, 0.2) is 22.5 Å². The fourth-order valence-corrected chi connectivity index (χ4v) is 4.64. The fourth-order valence-electron chi connectivity index (χ4n) is 3.78. The van der Waals surface area contributed by atoms with Gasteiger partial charge in [0.25, 0.3) is 0 Å². The molecule has 0 unspecified atom stereocenters. The van der Waals surface area contributed by atoms with E-state index in [-0.39, 0.29) is 5.69 Å². The van der Waals surface area contributed by atoms with Crippen LogP contribution in [0.1, 0.15) is 42.4 Å². The van der Waals surface area contributed by atoms with Crippen LogP contribution in [0.5, 0.6) is 0 Å². The molecule has 33 heavy (non-hydrogen) atoms. The predicted octanol–water partition coefficient (Wildman–Crippen LogP) is 5.18. The molecule has 0 spiro atoms. The van der Waals surface area contributed by atoms with Crippen LogP contribution in [0.25, 0.3) is 10.2 Å². The van der Waals surface area contributed by atoms with E-state index in [1.807, 2.05) is 62.9 Å². The minimum atomic E-state index is -0.579. The van der Waals surface area contributed by atoms with Crippen molar-refractivity contribution in [1.29, 1.82) is 0 Å². The minimum absolute atomic E-state index is 0.273. The van der Waals surface area contributed by atoms with Gasteiger partial charge in [0.05, 0.1) is 10.2 Å². The number of thiazole rings is 1. The lowest BCUT2D eigenvalue weighted by Gasteiger charge is -2.20. The Hall–Kier alpha value is -3.59. The van der Waals surface area contributed by atoms with Gasteiger partial charge in [-0.1, -0.05) is 29.5 Å². The van der Waals surface area contributed by atoms with Gasteiger partial charge in [0.1, 0.15) is 11.4 Å². The van der Waals surface area contributed by atoms with Crippen molar-refractivity contribution in [1.82, 2.24) is 20.2 Å². The Labute approximate surface area is 195 Å². The van der Waals surface area contributed by atoms with Gasteiger partial charge in [0.2, 0.25) is 0 Å². The maximum atomic E-state index is 12.5. The lowest BCUT2D eigenvalue weighted by molar-refractivity contribution is 0.00629. The normalized spacial score (nSPS) is 13.3. The van der Waals surface area contributed by atoms with E-state index in [2.05, 4.69) is 31.5 Å². The maximum absolute atomic E-state index is 12.5. The Morgan fingerprint density at radius 2 is 1.91 bits per heavy atom. The zero-order valence-corrected chi connectivity index (χ0v) is 19.7. The molecule has 4 aromatic rings. The van der Waals surface area contributed by atoms with Crippen LogP contribution in [-0.4, -0.2) is 38.3 Å². The first-order chi connectivity index (χ1) is 15.8. The summed E-state index contributed by atoms with van der Waals surface area (Å²) in [5.74, 6) is 1.67. The van der Waals surface area contributed by atoms with Crippen molar-refractivity contribution >= 4 is 50.1 Å². The molecule has 0 radical (unpaired) electrons. The van der Waals surface area contributed by atoms with E-state index >= 15 is 0 Å². The van der Waals surface area contributed by atoms with Crippen molar-refractivity contribution in [3.05, 3.63) is 59.3 Å². The standard InChI is InChI=1S/C24H24N6O2S/c1-14-15-12-13-30(19-11-7-9-17(25-19)22(31)32-24(2,3)4)21(15)29-28-20(14)27-23-26-16-8-5-6-10-18(16)33-23/h5-11H,12-13H2,1-4H3,(H,26,27,28). The highest BCUT2D eigenvalue weighted by Crippen LogP contribution is 2.36. The first kappa shape index (κ1) is 21.3. The number of esters is 1. The molecular formula is C24H24N6O2S. The van der Waals surface area contributed by atoms with Crippen LogP contribution in [0, 0.1) is 6.92 Å². The highest BCUT2D eigenvalue weighted by molar-refractivity contribution is 7.22. The highest BCUT2D eigenvalue weighted by atomic mass is 32.1. The number of rotatable bonds is 4. The second-order valence-electron chi connectivity index (χ2n) is 8.87. The van der Waals surface area contributed by atoms with Crippen molar-refractivity contribution in [3.63, 3.8) is 0 Å². The maximum Gasteiger partial charge on any atom is 0.357 e. The molecule has 0 amide bonds. The molecule has 1 N–H and O–H groups in total. The van der Waals surface area contributed by atoms with Gasteiger partial charge in [-0.2, -0.15) is 0 Å². The molecule has 5 rings (SSSR count). The molecule has 168 valence electrons. The fraction of sp³-hybridized carbons (Fsp3) is 0.292. The summed E-state index contributed by atoms with van der Waals surface area (Å²) >= 11 is 1.59. The van der Waals surface area contributed by atoms with E-state index in [1.165, 1.54) is 0 Å². The average Bonchev–Trinajstić information content (AvgIpc) is 3.38. The number of carbonyl (C=O) groups is 1. The number of benzene rings is 1. The number of fused-ring (bicyclic) bond motifs is 2. The van der Waals surface area contributed by atoms with Gasteiger partial charge >= 0.3 is 5.97 Å². The molecule has 0 saturated heterocycles. The number of carbonyl (C=O) groups excluding carboxylic acids is 1. The molecule has 0 saturated carbocycles. The average molecular weight is 461 g/mol. The number of nitrogens with one attached hydrogen (secondary N) is 1. The number of aromatic nitrogens is 4. The zero-order valence-electron chi connectivity index (χ0n) is 18.9. The third-order valence-corrected chi connectivity index (χ3v) is 6.25. The van der Waals surface area contributed by atoms with Gasteiger partial charge in [-0.25, -0.2) is 14.8 Å². The summed E-state index contributed by atoms with van der Waals surface area (Å²) in [6, 6.07) is 13.4. The monoisotopic (exact) mass is 460 g/mol. The molecule has 0 aliphatic carbocycles. The van der Waals surface area contributed by atoms with E-state index in [4.69, 9.17) is 4.74 Å². The van der Waals surface area contributed by atoms with E-state index in [1.54, 1.807) is 17.4 Å². The largest absolute Gasteiger partial charge is 0.455 e. The summed E-state index contributed by atoms with van der Waals surface area (Å²) in [4.78, 5) is 23.6. The Kier molecular flexibility index (Phi) is 5.20. The highest BCUT2D eigenvalue weighted by Gasteiger charge is 2.28. The van der Waals surface area contributed by atoms with Crippen LogP contribution < -0.4 is 10.2 Å². The Morgan fingerprint density at radius 3 is 2.70 bits per heavy atom.